The normalized spacial score (nSPS) is 15.5. The van der Waals surface area contributed by atoms with Gasteiger partial charge in [-0.15, -0.1) is 0 Å². The molecule has 7 nitrogen and oxygen atoms in total. The highest BCUT2D eigenvalue weighted by molar-refractivity contribution is 5.82. The Labute approximate surface area is 162 Å². The molecule has 0 radical (unpaired) electrons. The van der Waals surface area contributed by atoms with E-state index in [9.17, 15) is 9.18 Å². The summed E-state index contributed by atoms with van der Waals surface area (Å²) in [5, 5.41) is 4.50. The summed E-state index contributed by atoms with van der Waals surface area (Å²) in [6.07, 6.45) is 1.71. The Morgan fingerprint density at radius 2 is 1.93 bits per heavy atom. The van der Waals surface area contributed by atoms with Crippen LogP contribution in [0.4, 0.5) is 16.0 Å². The molecule has 144 valence electrons. The molecule has 2 aromatic heterocycles. The molecule has 3 aromatic rings. The fourth-order valence-corrected chi connectivity index (χ4v) is 3.37. The van der Waals surface area contributed by atoms with Crippen LogP contribution in [0.5, 0.6) is 0 Å². The van der Waals surface area contributed by atoms with Crippen molar-refractivity contribution in [2.75, 3.05) is 5.32 Å². The fourth-order valence-electron chi connectivity index (χ4n) is 3.37. The summed E-state index contributed by atoms with van der Waals surface area (Å²) in [6, 6.07) is 9.89. The highest BCUT2D eigenvalue weighted by Crippen LogP contribution is 2.38. The van der Waals surface area contributed by atoms with E-state index in [1.54, 1.807) is 18.3 Å². The van der Waals surface area contributed by atoms with Crippen molar-refractivity contribution in [2.45, 2.75) is 32.9 Å². The molecule has 0 fully saturated rings. The number of anilines is 2. The van der Waals surface area contributed by atoms with Gasteiger partial charge in [0.05, 0.1) is 0 Å². The molecule has 1 aliphatic rings. The average molecular weight is 380 g/mol. The van der Waals surface area contributed by atoms with Gasteiger partial charge in [-0.2, -0.15) is 0 Å². The number of pyridine rings is 1. The molecule has 0 saturated carbocycles. The van der Waals surface area contributed by atoms with Crippen LogP contribution in [0.3, 0.4) is 0 Å². The van der Waals surface area contributed by atoms with Crippen LogP contribution in [0.2, 0.25) is 0 Å². The van der Waals surface area contributed by atoms with E-state index in [0.29, 0.717) is 23.2 Å². The number of aryl methyl sites for hydroxylation is 1. The van der Waals surface area contributed by atoms with Crippen LogP contribution in [0, 0.1) is 12.7 Å². The first-order chi connectivity index (χ1) is 13.3. The Morgan fingerprint density at radius 3 is 2.61 bits per heavy atom. The second kappa shape index (κ2) is 6.42. The maximum atomic E-state index is 13.4. The SMILES string of the molecule is Cc1ccnc(Nc2c(-c3ccc(F)cc3)nc3n2CC(=O)N(N)C3(C)C)c1. The molecular formula is C20H21FN6O. The Hall–Kier alpha value is -3.26. The van der Waals surface area contributed by atoms with Crippen LogP contribution < -0.4 is 11.2 Å². The standard InChI is InChI=1S/C20H21FN6O/c1-12-8-9-23-15(10-12)24-18-17(13-4-6-14(21)7-5-13)25-19-20(2,3)27(22)16(28)11-26(18)19/h4-10H,11,22H2,1-3H3,(H,23,24). The lowest BCUT2D eigenvalue weighted by Gasteiger charge is -2.38. The van der Waals surface area contributed by atoms with Crippen LogP contribution in [0.25, 0.3) is 11.3 Å². The molecule has 3 N–H and O–H groups in total. The van der Waals surface area contributed by atoms with Crippen LogP contribution in [-0.4, -0.2) is 25.5 Å². The number of amides is 1. The molecular weight excluding hydrogens is 359 g/mol. The summed E-state index contributed by atoms with van der Waals surface area (Å²) in [4.78, 5) is 21.6. The van der Waals surface area contributed by atoms with E-state index in [1.807, 2.05) is 37.5 Å². The molecule has 1 aliphatic heterocycles. The molecule has 28 heavy (non-hydrogen) atoms. The van der Waals surface area contributed by atoms with Crippen molar-refractivity contribution in [3.05, 3.63) is 59.8 Å². The minimum atomic E-state index is -0.802. The van der Waals surface area contributed by atoms with Crippen LogP contribution in [0.15, 0.2) is 42.6 Å². The van der Waals surface area contributed by atoms with Crippen molar-refractivity contribution in [3.63, 3.8) is 0 Å². The molecule has 0 unspecified atom stereocenters. The van der Waals surface area contributed by atoms with E-state index in [4.69, 9.17) is 10.8 Å². The average Bonchev–Trinajstić information content (AvgIpc) is 3.00. The van der Waals surface area contributed by atoms with Gasteiger partial charge in [0, 0.05) is 11.8 Å². The molecule has 0 spiro atoms. The predicted molar refractivity (Wildman–Crippen MR) is 104 cm³/mol. The van der Waals surface area contributed by atoms with Gasteiger partial charge in [-0.1, -0.05) is 0 Å². The number of hydrogen-bond donors (Lipinski definition) is 2. The number of nitrogens with one attached hydrogen (secondary N) is 1. The van der Waals surface area contributed by atoms with E-state index in [1.165, 1.54) is 17.1 Å². The summed E-state index contributed by atoms with van der Waals surface area (Å²) in [6.45, 7) is 5.70. The van der Waals surface area contributed by atoms with Gasteiger partial charge in [-0.3, -0.25) is 9.80 Å². The topological polar surface area (TPSA) is 89.1 Å². The monoisotopic (exact) mass is 380 g/mol. The first-order valence-electron chi connectivity index (χ1n) is 8.92. The summed E-state index contributed by atoms with van der Waals surface area (Å²) in [5.41, 5.74) is 1.58. The molecule has 1 amide bonds. The lowest BCUT2D eigenvalue weighted by atomic mass is 10.0. The number of nitrogens with two attached hydrogens (primary N) is 1. The fraction of sp³-hybridized carbons (Fsp3) is 0.250. The molecule has 0 aliphatic carbocycles. The molecule has 3 heterocycles. The number of carbonyl (C=O) groups is 1. The number of benzene rings is 1. The first-order valence-corrected chi connectivity index (χ1v) is 8.92. The van der Waals surface area contributed by atoms with Gasteiger partial charge in [-0.05, 0) is 62.7 Å². The third kappa shape index (κ3) is 2.91. The van der Waals surface area contributed by atoms with E-state index in [2.05, 4.69) is 10.3 Å². The first kappa shape index (κ1) is 18.1. The number of fused-ring (bicyclic) bond motifs is 1. The summed E-state index contributed by atoms with van der Waals surface area (Å²) >= 11 is 0. The number of halogens is 1. The summed E-state index contributed by atoms with van der Waals surface area (Å²) in [5.74, 6) is 7.35. The second-order valence-electron chi connectivity index (χ2n) is 7.39. The lowest BCUT2D eigenvalue weighted by Crippen LogP contribution is -2.56. The van der Waals surface area contributed by atoms with Crippen molar-refractivity contribution in [1.82, 2.24) is 19.5 Å². The molecule has 1 aromatic carbocycles. The number of nitrogens with zero attached hydrogens (tertiary/aromatic N) is 4. The van der Waals surface area contributed by atoms with E-state index >= 15 is 0 Å². The van der Waals surface area contributed by atoms with Crippen LogP contribution in [0.1, 0.15) is 25.2 Å². The molecule has 0 saturated heterocycles. The molecule has 0 bridgehead atoms. The highest BCUT2D eigenvalue weighted by atomic mass is 19.1. The van der Waals surface area contributed by atoms with Crippen LogP contribution in [-0.2, 0) is 16.9 Å². The number of carbonyl (C=O) groups excluding carboxylic acids is 1. The van der Waals surface area contributed by atoms with Gasteiger partial charge < -0.3 is 9.88 Å². The summed E-state index contributed by atoms with van der Waals surface area (Å²) in [7, 11) is 0. The third-order valence-electron chi connectivity index (χ3n) is 4.96. The Balaban J connectivity index is 1.91. The molecule has 8 heteroatoms. The van der Waals surface area contributed by atoms with Gasteiger partial charge in [0.15, 0.2) is 0 Å². The maximum Gasteiger partial charge on any atom is 0.257 e. The van der Waals surface area contributed by atoms with Crippen molar-refractivity contribution in [3.8, 4) is 11.3 Å². The van der Waals surface area contributed by atoms with Crippen molar-refractivity contribution in [2.24, 2.45) is 5.84 Å². The van der Waals surface area contributed by atoms with Gasteiger partial charge in [0.25, 0.3) is 5.91 Å². The third-order valence-corrected chi connectivity index (χ3v) is 4.96. The van der Waals surface area contributed by atoms with Gasteiger partial charge >= 0.3 is 0 Å². The van der Waals surface area contributed by atoms with Gasteiger partial charge in [0.1, 0.15) is 41.1 Å². The number of hydrazine groups is 1. The van der Waals surface area contributed by atoms with Crippen molar-refractivity contribution < 1.29 is 9.18 Å². The number of imidazole rings is 1. The number of hydrogen-bond acceptors (Lipinski definition) is 5. The Kier molecular flexibility index (Phi) is 4.15. The zero-order valence-corrected chi connectivity index (χ0v) is 15.9. The number of rotatable bonds is 3. The van der Waals surface area contributed by atoms with Gasteiger partial charge in [-0.25, -0.2) is 20.2 Å². The molecule has 0 atom stereocenters. The van der Waals surface area contributed by atoms with E-state index in [-0.39, 0.29) is 18.3 Å². The number of aromatic nitrogens is 3. The lowest BCUT2D eigenvalue weighted by molar-refractivity contribution is -0.141. The van der Waals surface area contributed by atoms with E-state index < -0.39 is 5.54 Å². The Morgan fingerprint density at radius 1 is 1.21 bits per heavy atom. The van der Waals surface area contributed by atoms with Crippen molar-refractivity contribution in [1.29, 1.82) is 0 Å². The predicted octanol–water partition coefficient (Wildman–Crippen LogP) is 3.09. The highest BCUT2D eigenvalue weighted by Gasteiger charge is 2.41. The van der Waals surface area contributed by atoms with Gasteiger partial charge in [0.2, 0.25) is 0 Å². The Bertz CT molecular complexity index is 1060. The zero-order valence-electron chi connectivity index (χ0n) is 15.9. The second-order valence-corrected chi connectivity index (χ2v) is 7.39. The minimum Gasteiger partial charge on any atom is -0.324 e. The smallest absolute Gasteiger partial charge is 0.257 e. The minimum absolute atomic E-state index is 0.0532. The maximum absolute atomic E-state index is 13.4. The van der Waals surface area contributed by atoms with E-state index in [0.717, 1.165) is 11.1 Å². The van der Waals surface area contributed by atoms with Crippen LogP contribution >= 0.6 is 0 Å². The van der Waals surface area contributed by atoms with Crippen molar-refractivity contribution >= 4 is 17.5 Å². The largest absolute Gasteiger partial charge is 0.324 e. The quantitative estimate of drug-likeness (QED) is 0.538. The summed E-state index contributed by atoms with van der Waals surface area (Å²) < 4.78 is 15.2. The molecule has 4 rings (SSSR count). The zero-order chi connectivity index (χ0) is 20.1.